The van der Waals surface area contributed by atoms with Crippen molar-refractivity contribution in [1.29, 1.82) is 0 Å². The smallest absolute Gasteiger partial charge is 0.154 e. The number of carbonyl (C=O) groups is 1. The van der Waals surface area contributed by atoms with Crippen molar-refractivity contribution in [2.24, 2.45) is 0 Å². The first-order chi connectivity index (χ1) is 6.73. The number of hydrogen-bond acceptors (Lipinski definition) is 2. The van der Waals surface area contributed by atoms with Gasteiger partial charge in [-0.3, -0.25) is 0 Å². The van der Waals surface area contributed by atoms with Crippen LogP contribution in [0, 0.1) is 5.82 Å². The summed E-state index contributed by atoms with van der Waals surface area (Å²) in [6, 6.07) is 6.39. The van der Waals surface area contributed by atoms with E-state index in [2.05, 4.69) is 0 Å². The molecule has 0 aromatic heterocycles. The highest BCUT2D eigenvalue weighted by molar-refractivity contribution is 5.68. The Kier molecular flexibility index (Phi) is 2.11. The molecule has 1 fully saturated rings. The molecule has 1 aromatic rings. The molecule has 1 saturated heterocycles. The number of aldehydes is 1. The maximum atomic E-state index is 13.3. The minimum Gasteiger partial charge on any atom is -0.353 e. The molecule has 1 aliphatic heterocycles. The first-order valence-corrected chi connectivity index (χ1v) is 4.62. The van der Waals surface area contributed by atoms with Crippen LogP contribution in [-0.2, 0) is 9.53 Å². The van der Waals surface area contributed by atoms with Gasteiger partial charge in [0.05, 0.1) is 0 Å². The molecule has 0 radical (unpaired) electrons. The van der Waals surface area contributed by atoms with E-state index in [4.69, 9.17) is 4.74 Å². The maximum Gasteiger partial charge on any atom is 0.154 e. The number of ether oxygens (including phenoxy) is 1. The third-order valence-electron chi connectivity index (χ3n) is 2.66. The molecule has 3 heteroatoms. The van der Waals surface area contributed by atoms with Gasteiger partial charge in [-0.15, -0.1) is 0 Å². The highest BCUT2D eigenvalue weighted by atomic mass is 19.1. The van der Waals surface area contributed by atoms with Crippen LogP contribution in [0.4, 0.5) is 4.39 Å². The number of hydrogen-bond donors (Lipinski definition) is 0. The summed E-state index contributed by atoms with van der Waals surface area (Å²) in [7, 11) is 0. The summed E-state index contributed by atoms with van der Waals surface area (Å²) in [6.07, 6.45) is 0.950. The van der Waals surface area contributed by atoms with Crippen LogP contribution >= 0.6 is 0 Å². The molecule has 0 aliphatic carbocycles. The Morgan fingerprint density at radius 3 is 2.79 bits per heavy atom. The first kappa shape index (κ1) is 9.34. The fourth-order valence-corrected chi connectivity index (χ4v) is 1.64. The average molecular weight is 194 g/mol. The van der Waals surface area contributed by atoms with Crippen LogP contribution in [0.5, 0.6) is 0 Å². The van der Waals surface area contributed by atoms with Crippen molar-refractivity contribution in [2.45, 2.75) is 25.0 Å². The van der Waals surface area contributed by atoms with Crippen LogP contribution in [0.1, 0.15) is 25.0 Å². The molecule has 14 heavy (non-hydrogen) atoms. The van der Waals surface area contributed by atoms with Crippen molar-refractivity contribution >= 4 is 6.29 Å². The largest absolute Gasteiger partial charge is 0.353 e. The molecule has 74 valence electrons. The van der Waals surface area contributed by atoms with Crippen molar-refractivity contribution < 1.29 is 13.9 Å². The number of halogens is 1. The Labute approximate surface area is 81.7 Å². The third kappa shape index (κ3) is 1.24. The zero-order chi connectivity index (χ0) is 10.2. The standard InChI is InChI=1S/C11H11FO2/c1-2-11(7-13)10(14-11)8-5-3-4-6-9(8)12/h3-7,10H,2H2,1H3/t10-,11-/m0/s1. The predicted octanol–water partition coefficient (Wildman–Crippen LogP) is 2.24. The van der Waals surface area contributed by atoms with Crippen molar-refractivity contribution in [3.05, 3.63) is 35.6 Å². The number of rotatable bonds is 3. The van der Waals surface area contributed by atoms with Crippen LogP contribution < -0.4 is 0 Å². The van der Waals surface area contributed by atoms with E-state index >= 15 is 0 Å². The predicted molar refractivity (Wildman–Crippen MR) is 49.3 cm³/mol. The topological polar surface area (TPSA) is 29.6 Å². The van der Waals surface area contributed by atoms with Crippen LogP contribution in [0.3, 0.4) is 0 Å². The highest BCUT2D eigenvalue weighted by Crippen LogP contribution is 2.50. The van der Waals surface area contributed by atoms with E-state index in [0.29, 0.717) is 12.0 Å². The summed E-state index contributed by atoms with van der Waals surface area (Å²) < 4.78 is 18.6. The molecular formula is C11H11FO2. The van der Waals surface area contributed by atoms with E-state index in [0.717, 1.165) is 6.29 Å². The molecule has 2 nitrogen and oxygen atoms in total. The SMILES string of the molecule is CC[C@@]1(C=O)O[C@H]1c1ccccc1F. The van der Waals surface area contributed by atoms with Crippen molar-refractivity contribution in [3.63, 3.8) is 0 Å². The molecule has 0 saturated carbocycles. The Hall–Kier alpha value is -1.22. The van der Waals surface area contributed by atoms with E-state index in [1.54, 1.807) is 18.2 Å². The van der Waals surface area contributed by atoms with E-state index in [1.807, 2.05) is 6.92 Å². The lowest BCUT2D eigenvalue weighted by molar-refractivity contribution is -0.112. The molecule has 0 bridgehead atoms. The molecule has 2 rings (SSSR count). The lowest BCUT2D eigenvalue weighted by Crippen LogP contribution is -2.12. The second-order valence-electron chi connectivity index (χ2n) is 3.45. The summed E-state index contributed by atoms with van der Waals surface area (Å²) in [5, 5.41) is 0. The lowest BCUT2D eigenvalue weighted by Gasteiger charge is -2.01. The molecule has 0 amide bonds. The Morgan fingerprint density at radius 1 is 1.57 bits per heavy atom. The molecule has 2 atom stereocenters. The van der Waals surface area contributed by atoms with E-state index in [-0.39, 0.29) is 5.82 Å². The molecule has 1 aliphatic rings. The number of carbonyl (C=O) groups excluding carboxylic acids is 1. The van der Waals surface area contributed by atoms with Gasteiger partial charge in [0.15, 0.2) is 11.9 Å². The van der Waals surface area contributed by atoms with Gasteiger partial charge in [-0.1, -0.05) is 25.1 Å². The zero-order valence-corrected chi connectivity index (χ0v) is 7.87. The van der Waals surface area contributed by atoms with Gasteiger partial charge in [0.2, 0.25) is 0 Å². The second kappa shape index (κ2) is 3.17. The van der Waals surface area contributed by atoms with Gasteiger partial charge in [-0.05, 0) is 12.5 Å². The fraction of sp³-hybridized carbons (Fsp3) is 0.364. The van der Waals surface area contributed by atoms with Gasteiger partial charge in [-0.25, -0.2) is 4.39 Å². The summed E-state index contributed by atoms with van der Waals surface area (Å²) in [6.45, 7) is 1.86. The second-order valence-corrected chi connectivity index (χ2v) is 3.45. The van der Waals surface area contributed by atoms with Crippen molar-refractivity contribution in [3.8, 4) is 0 Å². The molecule has 1 heterocycles. The van der Waals surface area contributed by atoms with E-state index < -0.39 is 11.7 Å². The van der Waals surface area contributed by atoms with Gasteiger partial charge in [-0.2, -0.15) is 0 Å². The van der Waals surface area contributed by atoms with Crippen molar-refractivity contribution in [1.82, 2.24) is 0 Å². The average Bonchev–Trinajstić information content (AvgIpc) is 2.94. The van der Waals surface area contributed by atoms with E-state index in [1.165, 1.54) is 6.07 Å². The Balaban J connectivity index is 2.28. The number of epoxide rings is 1. The van der Waals surface area contributed by atoms with Crippen LogP contribution in [-0.4, -0.2) is 11.9 Å². The molecule has 0 unspecified atom stereocenters. The summed E-state index contributed by atoms with van der Waals surface area (Å²) in [5.41, 5.74) is -0.302. The van der Waals surface area contributed by atoms with Crippen molar-refractivity contribution in [2.75, 3.05) is 0 Å². The normalized spacial score (nSPS) is 30.0. The molecule has 1 aromatic carbocycles. The lowest BCUT2D eigenvalue weighted by atomic mass is 9.98. The monoisotopic (exact) mass is 194 g/mol. The minimum absolute atomic E-state index is 0.310. The van der Waals surface area contributed by atoms with Crippen LogP contribution in [0.2, 0.25) is 0 Å². The third-order valence-corrected chi connectivity index (χ3v) is 2.66. The Bertz CT molecular complexity index is 364. The maximum absolute atomic E-state index is 13.3. The minimum atomic E-state index is -0.776. The fourth-order valence-electron chi connectivity index (χ4n) is 1.64. The Morgan fingerprint density at radius 2 is 2.29 bits per heavy atom. The van der Waals surface area contributed by atoms with Gasteiger partial charge in [0, 0.05) is 5.56 Å². The molecule has 0 spiro atoms. The molecule has 0 N–H and O–H groups in total. The first-order valence-electron chi connectivity index (χ1n) is 4.62. The van der Waals surface area contributed by atoms with Gasteiger partial charge in [0.25, 0.3) is 0 Å². The van der Waals surface area contributed by atoms with Gasteiger partial charge >= 0.3 is 0 Å². The highest BCUT2D eigenvalue weighted by Gasteiger charge is 2.56. The van der Waals surface area contributed by atoms with Gasteiger partial charge in [0.1, 0.15) is 11.9 Å². The van der Waals surface area contributed by atoms with Gasteiger partial charge < -0.3 is 9.53 Å². The quantitative estimate of drug-likeness (QED) is 0.545. The molecular weight excluding hydrogens is 183 g/mol. The van der Waals surface area contributed by atoms with Crippen LogP contribution in [0.15, 0.2) is 24.3 Å². The summed E-state index contributed by atoms with van der Waals surface area (Å²) >= 11 is 0. The van der Waals surface area contributed by atoms with E-state index in [9.17, 15) is 9.18 Å². The summed E-state index contributed by atoms with van der Waals surface area (Å²) in [4.78, 5) is 10.8. The summed E-state index contributed by atoms with van der Waals surface area (Å²) in [5.74, 6) is -0.310. The van der Waals surface area contributed by atoms with Crippen LogP contribution in [0.25, 0.3) is 0 Å². The number of benzene rings is 1. The zero-order valence-electron chi connectivity index (χ0n) is 7.87.